The first-order valence-electron chi connectivity index (χ1n) is 9.19. The van der Waals surface area contributed by atoms with Crippen molar-refractivity contribution in [2.24, 2.45) is 5.16 Å². The molecule has 154 valence electrons. The van der Waals surface area contributed by atoms with E-state index in [0.717, 1.165) is 10.0 Å². The quantitative estimate of drug-likeness (QED) is 0.351. The van der Waals surface area contributed by atoms with E-state index in [4.69, 9.17) is 9.57 Å². The van der Waals surface area contributed by atoms with Crippen LogP contribution in [0.1, 0.15) is 16.7 Å². The van der Waals surface area contributed by atoms with Crippen molar-refractivity contribution in [3.8, 4) is 5.75 Å². The van der Waals surface area contributed by atoms with Crippen molar-refractivity contribution in [1.82, 2.24) is 0 Å². The van der Waals surface area contributed by atoms with Crippen LogP contribution in [-0.4, -0.2) is 18.7 Å². The van der Waals surface area contributed by atoms with Crippen LogP contribution in [-0.2, 0) is 16.2 Å². The van der Waals surface area contributed by atoms with Crippen molar-refractivity contribution in [1.29, 1.82) is 0 Å². The van der Waals surface area contributed by atoms with E-state index in [9.17, 15) is 9.18 Å². The molecule has 1 N–H and O–H groups in total. The highest BCUT2D eigenvalue weighted by Crippen LogP contribution is 2.23. The molecule has 3 rings (SSSR count). The molecular weight excluding hydrogens is 451 g/mol. The Morgan fingerprint density at radius 2 is 1.90 bits per heavy atom. The second-order valence-electron chi connectivity index (χ2n) is 6.48. The zero-order valence-electron chi connectivity index (χ0n) is 16.3. The van der Waals surface area contributed by atoms with Crippen molar-refractivity contribution >= 4 is 33.7 Å². The number of rotatable bonds is 8. The molecule has 0 aromatic heterocycles. The first-order chi connectivity index (χ1) is 14.5. The van der Waals surface area contributed by atoms with Crippen LogP contribution in [0.15, 0.2) is 76.4 Å². The summed E-state index contributed by atoms with van der Waals surface area (Å²) in [5.74, 6) is -0.132. The van der Waals surface area contributed by atoms with Gasteiger partial charge in [0.05, 0.1) is 6.21 Å². The first-order valence-corrected chi connectivity index (χ1v) is 9.98. The third-order valence-corrected chi connectivity index (χ3v) is 4.60. The number of hydrogen-bond acceptors (Lipinski definition) is 4. The molecule has 0 saturated carbocycles. The number of hydrogen-bond donors (Lipinski definition) is 1. The maximum atomic E-state index is 13.8. The topological polar surface area (TPSA) is 59.9 Å². The Labute approximate surface area is 182 Å². The molecule has 3 aromatic carbocycles. The molecule has 3 aromatic rings. The largest absolute Gasteiger partial charge is 0.488 e. The van der Waals surface area contributed by atoms with Crippen molar-refractivity contribution < 1.29 is 18.8 Å². The molecule has 7 heteroatoms. The van der Waals surface area contributed by atoms with Crippen molar-refractivity contribution in [3.05, 3.63) is 93.7 Å². The van der Waals surface area contributed by atoms with Crippen LogP contribution in [0.3, 0.4) is 0 Å². The number of oxime groups is 1. The summed E-state index contributed by atoms with van der Waals surface area (Å²) < 4.78 is 20.3. The third-order valence-electron chi connectivity index (χ3n) is 4.11. The minimum Gasteiger partial charge on any atom is -0.488 e. The van der Waals surface area contributed by atoms with E-state index in [1.807, 2.05) is 37.3 Å². The van der Waals surface area contributed by atoms with Gasteiger partial charge in [0.15, 0.2) is 6.61 Å². The van der Waals surface area contributed by atoms with Gasteiger partial charge in [-0.05, 0) is 43.3 Å². The molecule has 0 spiro atoms. The van der Waals surface area contributed by atoms with Gasteiger partial charge in [-0.2, -0.15) is 0 Å². The monoisotopic (exact) mass is 470 g/mol. The van der Waals surface area contributed by atoms with Gasteiger partial charge in [0.1, 0.15) is 18.2 Å². The number of anilines is 1. The molecule has 0 atom stereocenters. The average Bonchev–Trinajstić information content (AvgIpc) is 2.73. The highest BCUT2D eigenvalue weighted by Gasteiger charge is 2.07. The number of nitrogens with one attached hydrogen (secondary N) is 1. The summed E-state index contributed by atoms with van der Waals surface area (Å²) in [7, 11) is 0. The third kappa shape index (κ3) is 6.42. The predicted octanol–water partition coefficient (Wildman–Crippen LogP) is 5.46. The van der Waals surface area contributed by atoms with Gasteiger partial charge in [-0.25, -0.2) is 4.39 Å². The number of aryl methyl sites for hydroxylation is 1. The summed E-state index contributed by atoms with van der Waals surface area (Å²) in [6.07, 6.45) is 1.45. The lowest BCUT2D eigenvalue weighted by molar-refractivity contribution is -0.120. The second-order valence-corrected chi connectivity index (χ2v) is 7.40. The summed E-state index contributed by atoms with van der Waals surface area (Å²) in [5.41, 5.74) is 2.87. The molecule has 0 aliphatic carbocycles. The van der Waals surface area contributed by atoms with Crippen LogP contribution in [0, 0.1) is 12.7 Å². The number of halogens is 2. The number of ether oxygens (including phenoxy) is 1. The van der Waals surface area contributed by atoms with E-state index in [1.165, 1.54) is 12.3 Å². The fourth-order valence-corrected chi connectivity index (χ4v) is 2.93. The molecule has 0 aliphatic heterocycles. The summed E-state index contributed by atoms with van der Waals surface area (Å²) >= 11 is 3.40. The van der Waals surface area contributed by atoms with E-state index in [2.05, 4.69) is 26.4 Å². The summed E-state index contributed by atoms with van der Waals surface area (Å²) in [6, 6.07) is 19.2. The Balaban J connectivity index is 1.56. The van der Waals surface area contributed by atoms with Crippen molar-refractivity contribution in [3.63, 3.8) is 0 Å². The number of nitrogens with zero attached hydrogens (tertiary/aromatic N) is 1. The Bertz CT molecular complexity index is 1040. The molecule has 0 saturated heterocycles. The van der Waals surface area contributed by atoms with Gasteiger partial charge in [-0.15, -0.1) is 0 Å². The normalized spacial score (nSPS) is 10.8. The van der Waals surface area contributed by atoms with Crippen molar-refractivity contribution in [2.75, 3.05) is 11.9 Å². The van der Waals surface area contributed by atoms with Crippen LogP contribution < -0.4 is 10.1 Å². The lowest BCUT2D eigenvalue weighted by atomic mass is 10.2. The standard InChI is InChI=1S/C23H20BrFN2O3/c1-16-6-9-20(10-7-16)27-23(28)15-30-26-13-18-12-19(24)8-11-22(18)29-14-17-4-2-3-5-21(17)25/h2-13H,14-15H2,1H3,(H,27,28)/b26-13+. The van der Waals surface area contributed by atoms with Crippen LogP contribution in [0.5, 0.6) is 5.75 Å². The van der Waals surface area contributed by atoms with Crippen LogP contribution >= 0.6 is 15.9 Å². The average molecular weight is 471 g/mol. The SMILES string of the molecule is Cc1ccc(NC(=O)CO/N=C/c2cc(Br)ccc2OCc2ccccc2F)cc1. The minimum absolute atomic E-state index is 0.0783. The number of carbonyl (C=O) groups excluding carboxylic acids is 1. The number of carbonyl (C=O) groups is 1. The molecule has 1 amide bonds. The summed E-state index contributed by atoms with van der Waals surface area (Å²) in [5, 5.41) is 6.58. The van der Waals surface area contributed by atoms with Crippen LogP contribution in [0.2, 0.25) is 0 Å². The maximum absolute atomic E-state index is 13.8. The zero-order valence-corrected chi connectivity index (χ0v) is 17.9. The van der Waals surface area contributed by atoms with Gasteiger partial charge >= 0.3 is 0 Å². The van der Waals surface area contributed by atoms with E-state index >= 15 is 0 Å². The van der Waals surface area contributed by atoms with Crippen molar-refractivity contribution in [2.45, 2.75) is 13.5 Å². The Morgan fingerprint density at radius 3 is 2.67 bits per heavy atom. The highest BCUT2D eigenvalue weighted by molar-refractivity contribution is 9.10. The lowest BCUT2D eigenvalue weighted by Gasteiger charge is -2.10. The number of amides is 1. The molecule has 30 heavy (non-hydrogen) atoms. The van der Waals surface area contributed by atoms with E-state index < -0.39 is 0 Å². The Kier molecular flexibility index (Phi) is 7.57. The molecule has 0 radical (unpaired) electrons. The summed E-state index contributed by atoms with van der Waals surface area (Å²) in [4.78, 5) is 17.0. The Hall–Kier alpha value is -3.19. The lowest BCUT2D eigenvalue weighted by Crippen LogP contribution is -2.16. The van der Waals surface area contributed by atoms with Gasteiger partial charge in [0.2, 0.25) is 0 Å². The molecule has 0 fully saturated rings. The number of benzene rings is 3. The highest BCUT2D eigenvalue weighted by atomic mass is 79.9. The van der Waals surface area contributed by atoms with Gasteiger partial charge in [0.25, 0.3) is 5.91 Å². The minimum atomic E-state index is -0.326. The van der Waals surface area contributed by atoms with Gasteiger partial charge in [0, 0.05) is 21.3 Å². The second kappa shape index (κ2) is 10.5. The first kappa shape index (κ1) is 21.5. The summed E-state index contributed by atoms with van der Waals surface area (Å²) in [6.45, 7) is 1.82. The predicted molar refractivity (Wildman–Crippen MR) is 118 cm³/mol. The van der Waals surface area contributed by atoms with Gasteiger partial charge in [-0.1, -0.05) is 57.0 Å². The van der Waals surface area contributed by atoms with E-state index in [-0.39, 0.29) is 24.9 Å². The fourth-order valence-electron chi connectivity index (χ4n) is 2.55. The molecule has 0 aliphatic rings. The fraction of sp³-hybridized carbons (Fsp3) is 0.130. The molecular formula is C23H20BrFN2O3. The van der Waals surface area contributed by atoms with Crippen LogP contribution in [0.25, 0.3) is 0 Å². The zero-order chi connectivity index (χ0) is 21.3. The molecule has 0 unspecified atom stereocenters. The van der Waals surface area contributed by atoms with Crippen LogP contribution in [0.4, 0.5) is 10.1 Å². The van der Waals surface area contributed by atoms with E-state index in [1.54, 1.807) is 30.3 Å². The smallest absolute Gasteiger partial charge is 0.265 e. The Morgan fingerprint density at radius 1 is 1.13 bits per heavy atom. The molecule has 0 bridgehead atoms. The molecule has 5 nitrogen and oxygen atoms in total. The maximum Gasteiger partial charge on any atom is 0.265 e. The van der Waals surface area contributed by atoms with Gasteiger partial charge in [-0.3, -0.25) is 4.79 Å². The van der Waals surface area contributed by atoms with E-state index in [0.29, 0.717) is 22.6 Å². The molecule has 0 heterocycles. The van der Waals surface area contributed by atoms with Gasteiger partial charge < -0.3 is 14.9 Å².